The first-order valence-electron chi connectivity index (χ1n) is 11.8. The smallest absolute Gasteiger partial charge is 0.317 e. The molecule has 2 aromatic carbocycles. The van der Waals surface area contributed by atoms with Crippen LogP contribution in [0.25, 0.3) is 0 Å². The lowest BCUT2D eigenvalue weighted by molar-refractivity contribution is -0.138. The van der Waals surface area contributed by atoms with E-state index in [9.17, 15) is 4.79 Å². The highest BCUT2D eigenvalue weighted by molar-refractivity contribution is 6.02. The quantitative estimate of drug-likeness (QED) is 0.438. The van der Waals surface area contributed by atoms with Gasteiger partial charge in [0.15, 0.2) is 0 Å². The number of nitrogens with zero attached hydrogens (tertiary/aromatic N) is 4. The predicted molar refractivity (Wildman–Crippen MR) is 133 cm³/mol. The van der Waals surface area contributed by atoms with Crippen molar-refractivity contribution < 1.29 is 14.7 Å². The molecule has 0 spiro atoms. The summed E-state index contributed by atoms with van der Waals surface area (Å²) in [6.07, 6.45) is 1.67. The van der Waals surface area contributed by atoms with Gasteiger partial charge in [0.1, 0.15) is 11.9 Å². The summed E-state index contributed by atoms with van der Waals surface area (Å²) in [6, 6.07) is 18.3. The molecule has 0 saturated carbocycles. The summed E-state index contributed by atoms with van der Waals surface area (Å²) in [5, 5.41) is 21.8. The molecule has 2 N–H and O–H groups in total. The summed E-state index contributed by atoms with van der Waals surface area (Å²) in [6.45, 7) is 4.91. The van der Waals surface area contributed by atoms with Crippen molar-refractivity contribution in [2.75, 3.05) is 52.9 Å². The zero-order valence-electron chi connectivity index (χ0n) is 19.7. The molecule has 1 unspecified atom stereocenters. The van der Waals surface area contributed by atoms with Gasteiger partial charge >= 0.3 is 5.97 Å². The summed E-state index contributed by atoms with van der Waals surface area (Å²) < 4.78 is 0. The maximum absolute atomic E-state index is 10.9. The molecule has 180 valence electrons. The molecular weight excluding hydrogens is 430 g/mol. The first-order chi connectivity index (χ1) is 16.5. The minimum atomic E-state index is -0.773. The van der Waals surface area contributed by atoms with Gasteiger partial charge in [-0.05, 0) is 17.5 Å². The van der Waals surface area contributed by atoms with Crippen LogP contribution < -0.4 is 0 Å². The fourth-order valence-electron chi connectivity index (χ4n) is 4.40. The number of piperazine rings is 1. The summed E-state index contributed by atoms with van der Waals surface area (Å²) >= 11 is 0. The lowest BCUT2D eigenvalue weighted by Crippen LogP contribution is -2.49. The Labute approximate surface area is 200 Å². The number of oxime groups is 1. The van der Waals surface area contributed by atoms with Crippen LogP contribution in [0.2, 0.25) is 0 Å². The van der Waals surface area contributed by atoms with Crippen LogP contribution in [0.15, 0.2) is 59.8 Å². The van der Waals surface area contributed by atoms with Crippen LogP contribution in [0.1, 0.15) is 23.1 Å². The van der Waals surface area contributed by atoms with Crippen LogP contribution in [0.3, 0.4) is 0 Å². The first-order valence-corrected chi connectivity index (χ1v) is 11.8. The van der Waals surface area contributed by atoms with Crippen molar-refractivity contribution in [3.8, 4) is 0 Å². The molecule has 2 aromatic rings. The van der Waals surface area contributed by atoms with Crippen molar-refractivity contribution in [3.05, 3.63) is 71.3 Å². The Morgan fingerprint density at radius 3 is 2.44 bits per heavy atom. The molecule has 2 aliphatic rings. The van der Waals surface area contributed by atoms with Crippen LogP contribution in [0, 0.1) is 5.41 Å². The average molecular weight is 464 g/mol. The highest BCUT2D eigenvalue weighted by Crippen LogP contribution is 2.19. The van der Waals surface area contributed by atoms with Crippen molar-refractivity contribution in [3.63, 3.8) is 0 Å². The van der Waals surface area contributed by atoms with Gasteiger partial charge in [0.2, 0.25) is 0 Å². The van der Waals surface area contributed by atoms with Gasteiger partial charge in [-0.15, -0.1) is 0 Å². The summed E-state index contributed by atoms with van der Waals surface area (Å²) in [5.41, 5.74) is 4.12. The molecule has 8 nitrogen and oxygen atoms in total. The lowest BCUT2D eigenvalue weighted by atomic mass is 10.0. The number of nitrogens with one attached hydrogen (secondary N) is 1. The normalized spacial score (nSPS) is 18.9. The monoisotopic (exact) mass is 463 g/mol. The number of carbonyl (C=O) groups is 1. The fourth-order valence-corrected chi connectivity index (χ4v) is 4.40. The number of likely N-dealkylation sites (N-methyl/N-ethyl adjacent to an activating group) is 1. The van der Waals surface area contributed by atoms with Gasteiger partial charge in [-0.2, -0.15) is 0 Å². The predicted octanol–water partition coefficient (Wildman–Crippen LogP) is 2.38. The number of carboxylic acids is 1. The molecule has 0 bridgehead atoms. The fraction of sp³-hybridized carbons (Fsp3) is 0.423. The van der Waals surface area contributed by atoms with E-state index in [0.29, 0.717) is 5.84 Å². The Kier molecular flexibility index (Phi) is 7.92. The second-order valence-corrected chi connectivity index (χ2v) is 9.02. The van der Waals surface area contributed by atoms with Gasteiger partial charge in [-0.25, -0.2) is 0 Å². The van der Waals surface area contributed by atoms with Crippen LogP contribution in [-0.4, -0.2) is 96.3 Å². The highest BCUT2D eigenvalue weighted by atomic mass is 16.6. The molecule has 34 heavy (non-hydrogen) atoms. The topological polar surface area (TPSA) is 92.5 Å². The van der Waals surface area contributed by atoms with Crippen molar-refractivity contribution in [1.29, 1.82) is 5.41 Å². The number of aliphatic carboxylic acids is 1. The third-order valence-corrected chi connectivity index (χ3v) is 6.47. The van der Waals surface area contributed by atoms with E-state index in [1.54, 1.807) is 0 Å². The Balaban J connectivity index is 1.23. The minimum Gasteiger partial charge on any atom is -0.480 e. The molecular formula is C26H33N5O3. The van der Waals surface area contributed by atoms with E-state index in [2.05, 4.69) is 22.2 Å². The SMILES string of the molecule is CN(CCc1ccccc1)C(=N)c1ccc(C2=NOC(CN3CCN(CC(=O)O)CC3)C2)cc1. The molecule has 1 fully saturated rings. The summed E-state index contributed by atoms with van der Waals surface area (Å²) in [5.74, 6) is -0.266. The van der Waals surface area contributed by atoms with Crippen molar-refractivity contribution in [1.82, 2.24) is 14.7 Å². The summed E-state index contributed by atoms with van der Waals surface area (Å²) in [4.78, 5) is 22.8. The van der Waals surface area contributed by atoms with Crippen LogP contribution in [0.4, 0.5) is 0 Å². The van der Waals surface area contributed by atoms with Crippen molar-refractivity contribution in [2.24, 2.45) is 5.16 Å². The van der Waals surface area contributed by atoms with E-state index in [0.717, 1.165) is 68.9 Å². The van der Waals surface area contributed by atoms with E-state index in [4.69, 9.17) is 15.4 Å². The molecule has 4 rings (SSSR count). The molecule has 0 amide bonds. The zero-order chi connectivity index (χ0) is 23.9. The molecule has 2 heterocycles. The maximum atomic E-state index is 10.9. The maximum Gasteiger partial charge on any atom is 0.317 e. The van der Waals surface area contributed by atoms with Gasteiger partial charge in [-0.1, -0.05) is 59.8 Å². The van der Waals surface area contributed by atoms with Gasteiger partial charge in [0.05, 0.1) is 12.3 Å². The van der Waals surface area contributed by atoms with Crippen LogP contribution in [-0.2, 0) is 16.1 Å². The number of benzene rings is 2. The van der Waals surface area contributed by atoms with E-state index in [1.807, 2.05) is 59.3 Å². The van der Waals surface area contributed by atoms with Gasteiger partial charge in [0, 0.05) is 58.3 Å². The molecule has 2 aliphatic heterocycles. The second kappa shape index (κ2) is 11.3. The standard InChI is InChI=1S/C26H33N5O3/c1-29(12-11-20-5-3-2-4-6-20)26(27)22-9-7-21(8-10-22)24-17-23(34-28-24)18-30-13-15-31(16-14-30)19-25(32)33/h2-10,23,27H,11-19H2,1H3,(H,32,33). The molecule has 1 atom stereocenters. The van der Waals surface area contributed by atoms with Crippen molar-refractivity contribution in [2.45, 2.75) is 18.9 Å². The number of carboxylic acid groups (broad SMARTS) is 1. The highest BCUT2D eigenvalue weighted by Gasteiger charge is 2.27. The van der Waals surface area contributed by atoms with Crippen LogP contribution in [0.5, 0.6) is 0 Å². The third kappa shape index (κ3) is 6.42. The van der Waals surface area contributed by atoms with E-state index < -0.39 is 5.97 Å². The van der Waals surface area contributed by atoms with Gasteiger partial charge in [-0.3, -0.25) is 20.0 Å². The Morgan fingerprint density at radius 1 is 1.09 bits per heavy atom. The second-order valence-electron chi connectivity index (χ2n) is 9.02. The molecule has 8 heteroatoms. The Bertz CT molecular complexity index is 1000. The number of amidine groups is 1. The third-order valence-electron chi connectivity index (χ3n) is 6.47. The summed E-state index contributed by atoms with van der Waals surface area (Å²) in [7, 11) is 1.96. The molecule has 0 radical (unpaired) electrons. The van der Waals surface area contributed by atoms with Gasteiger partial charge in [0.25, 0.3) is 0 Å². The number of hydrogen-bond acceptors (Lipinski definition) is 6. The average Bonchev–Trinajstić information content (AvgIpc) is 3.32. The first kappa shape index (κ1) is 23.9. The van der Waals surface area contributed by atoms with E-state index in [1.165, 1.54) is 5.56 Å². The van der Waals surface area contributed by atoms with Crippen molar-refractivity contribution >= 4 is 17.5 Å². The van der Waals surface area contributed by atoms with Crippen LogP contribution >= 0.6 is 0 Å². The zero-order valence-corrected chi connectivity index (χ0v) is 19.7. The minimum absolute atomic E-state index is 0.0168. The largest absolute Gasteiger partial charge is 0.480 e. The number of hydrogen-bond donors (Lipinski definition) is 2. The molecule has 0 aromatic heterocycles. The lowest BCUT2D eigenvalue weighted by Gasteiger charge is -2.34. The number of rotatable bonds is 9. The van der Waals surface area contributed by atoms with Gasteiger partial charge < -0.3 is 14.8 Å². The molecule has 0 aliphatic carbocycles. The van der Waals surface area contributed by atoms with E-state index in [-0.39, 0.29) is 12.6 Å². The Hall–Kier alpha value is -3.23. The molecule has 1 saturated heterocycles. The van der Waals surface area contributed by atoms with E-state index >= 15 is 0 Å². The Morgan fingerprint density at radius 2 is 1.76 bits per heavy atom.